The van der Waals surface area contributed by atoms with Gasteiger partial charge >= 0.3 is 0 Å². The van der Waals surface area contributed by atoms with Gasteiger partial charge in [-0.05, 0) is 31.4 Å². The van der Waals surface area contributed by atoms with E-state index in [0.29, 0.717) is 60.9 Å². The highest BCUT2D eigenvalue weighted by molar-refractivity contribution is 5.98. The second kappa shape index (κ2) is 9.05. The number of hydrogen-bond donors (Lipinski definition) is 0. The number of nitrogens with zero attached hydrogens (tertiary/aromatic N) is 4. The van der Waals surface area contributed by atoms with Gasteiger partial charge < -0.3 is 23.6 Å². The summed E-state index contributed by atoms with van der Waals surface area (Å²) in [7, 11) is 1.47. The van der Waals surface area contributed by atoms with Crippen LogP contribution in [0.5, 0.6) is 5.75 Å². The Morgan fingerprint density at radius 2 is 1.66 bits per heavy atom. The average molecular weight is 477 g/mol. The van der Waals surface area contributed by atoms with Crippen LogP contribution in [0, 0.1) is 13.8 Å². The molecule has 2 amide bonds. The Labute approximate surface area is 202 Å². The third kappa shape index (κ3) is 4.00. The van der Waals surface area contributed by atoms with Crippen molar-refractivity contribution in [1.29, 1.82) is 0 Å². The van der Waals surface area contributed by atoms with E-state index in [9.17, 15) is 14.4 Å². The van der Waals surface area contributed by atoms with E-state index >= 15 is 0 Å². The van der Waals surface area contributed by atoms with Crippen LogP contribution >= 0.6 is 0 Å². The van der Waals surface area contributed by atoms with Gasteiger partial charge in [0.15, 0.2) is 0 Å². The van der Waals surface area contributed by atoms with Crippen LogP contribution in [0.2, 0.25) is 0 Å². The molecule has 0 radical (unpaired) electrons. The molecule has 9 heteroatoms. The lowest BCUT2D eigenvalue weighted by Crippen LogP contribution is -2.38. The Balaban J connectivity index is 1.48. The van der Waals surface area contributed by atoms with Gasteiger partial charge in [-0.1, -0.05) is 29.4 Å². The van der Waals surface area contributed by atoms with Crippen molar-refractivity contribution in [3.8, 4) is 5.75 Å². The van der Waals surface area contributed by atoms with Crippen molar-refractivity contribution in [2.24, 2.45) is 0 Å². The van der Waals surface area contributed by atoms with E-state index < -0.39 is 0 Å². The Bertz CT molecular complexity index is 1350. The second-order valence-corrected chi connectivity index (χ2v) is 9.01. The van der Waals surface area contributed by atoms with Gasteiger partial charge in [0.2, 0.25) is 0 Å². The summed E-state index contributed by atoms with van der Waals surface area (Å²) in [4.78, 5) is 43.5. The second-order valence-electron chi connectivity index (χ2n) is 9.01. The lowest BCUT2D eigenvalue weighted by atomic mass is 9.98. The molecule has 0 saturated heterocycles. The monoisotopic (exact) mass is 476 g/mol. The largest absolute Gasteiger partial charge is 0.496 e. The number of rotatable bonds is 3. The summed E-state index contributed by atoms with van der Waals surface area (Å²) in [6.45, 7) is 5.53. The molecule has 3 aromatic rings. The number of pyridine rings is 1. The van der Waals surface area contributed by atoms with Crippen LogP contribution in [-0.2, 0) is 25.9 Å². The number of aromatic nitrogens is 2. The van der Waals surface area contributed by atoms with E-state index in [2.05, 4.69) is 11.2 Å². The SMILES string of the molecule is COc1cc(=O)n2c(c1C(=O)N1CCc3ccccc3C1)CCN(C(=O)c1c(C)noc1C)CC2. The van der Waals surface area contributed by atoms with E-state index in [1.165, 1.54) is 18.7 Å². The summed E-state index contributed by atoms with van der Waals surface area (Å²) in [5, 5.41) is 3.89. The number of carbonyl (C=O) groups is 2. The van der Waals surface area contributed by atoms with Crippen LogP contribution in [0.3, 0.4) is 0 Å². The smallest absolute Gasteiger partial charge is 0.259 e. The molecule has 0 saturated carbocycles. The lowest BCUT2D eigenvalue weighted by Gasteiger charge is -2.30. The van der Waals surface area contributed by atoms with Crippen LogP contribution in [-0.4, -0.2) is 58.1 Å². The van der Waals surface area contributed by atoms with Gasteiger partial charge in [-0.3, -0.25) is 14.4 Å². The molecule has 35 heavy (non-hydrogen) atoms. The molecule has 182 valence electrons. The molecular formula is C26H28N4O5. The number of aryl methyl sites for hydroxylation is 2. The summed E-state index contributed by atoms with van der Waals surface area (Å²) >= 11 is 0. The molecule has 0 N–H and O–H groups in total. The van der Waals surface area contributed by atoms with E-state index in [1.54, 1.807) is 23.3 Å². The number of hydrogen-bond acceptors (Lipinski definition) is 6. The Morgan fingerprint density at radius 3 is 2.37 bits per heavy atom. The van der Waals surface area contributed by atoms with Crippen LogP contribution < -0.4 is 10.3 Å². The molecule has 2 aliphatic rings. The highest BCUT2D eigenvalue weighted by Crippen LogP contribution is 2.28. The summed E-state index contributed by atoms with van der Waals surface area (Å²) in [5.74, 6) is 0.394. The molecule has 0 fully saturated rings. The van der Waals surface area contributed by atoms with Gasteiger partial charge in [-0.2, -0.15) is 0 Å². The highest BCUT2D eigenvalue weighted by Gasteiger charge is 2.31. The fourth-order valence-corrected chi connectivity index (χ4v) is 5.12. The van der Waals surface area contributed by atoms with Crippen LogP contribution in [0.4, 0.5) is 0 Å². The topological polar surface area (TPSA) is 97.9 Å². The van der Waals surface area contributed by atoms with Crippen LogP contribution in [0.25, 0.3) is 0 Å². The molecule has 9 nitrogen and oxygen atoms in total. The van der Waals surface area contributed by atoms with Crippen molar-refractivity contribution in [1.82, 2.24) is 19.5 Å². The summed E-state index contributed by atoms with van der Waals surface area (Å²) < 4.78 is 12.3. The van der Waals surface area contributed by atoms with Gasteiger partial charge in [0.1, 0.15) is 22.6 Å². The van der Waals surface area contributed by atoms with Crippen molar-refractivity contribution in [2.45, 2.75) is 39.8 Å². The predicted molar refractivity (Wildman–Crippen MR) is 128 cm³/mol. The van der Waals surface area contributed by atoms with E-state index in [-0.39, 0.29) is 29.7 Å². The first kappa shape index (κ1) is 22.9. The fraction of sp³-hybridized carbons (Fsp3) is 0.385. The molecule has 0 aliphatic carbocycles. The minimum Gasteiger partial charge on any atom is -0.496 e. The summed E-state index contributed by atoms with van der Waals surface area (Å²) in [6, 6.07) is 9.50. The number of carbonyl (C=O) groups excluding carboxylic acids is 2. The molecule has 0 unspecified atom stereocenters. The first-order valence-corrected chi connectivity index (χ1v) is 11.8. The lowest BCUT2D eigenvalue weighted by molar-refractivity contribution is 0.0728. The third-order valence-electron chi connectivity index (χ3n) is 6.98. The fourth-order valence-electron chi connectivity index (χ4n) is 5.12. The summed E-state index contributed by atoms with van der Waals surface area (Å²) in [6.07, 6.45) is 1.13. The average Bonchev–Trinajstić information content (AvgIpc) is 3.06. The van der Waals surface area contributed by atoms with Gasteiger partial charge in [-0.25, -0.2) is 0 Å². The zero-order valence-corrected chi connectivity index (χ0v) is 20.2. The maximum absolute atomic E-state index is 13.8. The van der Waals surface area contributed by atoms with Crippen molar-refractivity contribution < 1.29 is 18.8 Å². The minimum atomic E-state index is -0.246. The minimum absolute atomic E-state index is 0.161. The molecular weight excluding hydrogens is 448 g/mol. The van der Waals surface area contributed by atoms with Gasteiger partial charge in [-0.15, -0.1) is 0 Å². The maximum atomic E-state index is 13.8. The van der Waals surface area contributed by atoms with Crippen molar-refractivity contribution in [3.63, 3.8) is 0 Å². The predicted octanol–water partition coefficient (Wildman–Crippen LogP) is 2.36. The first-order valence-electron chi connectivity index (χ1n) is 11.8. The Morgan fingerprint density at radius 1 is 0.943 bits per heavy atom. The molecule has 0 bridgehead atoms. The van der Waals surface area contributed by atoms with E-state index in [1.807, 2.05) is 23.1 Å². The summed E-state index contributed by atoms with van der Waals surface area (Å²) in [5.41, 5.74) is 4.12. The molecule has 0 atom stereocenters. The number of amides is 2. The number of benzene rings is 1. The van der Waals surface area contributed by atoms with E-state index in [0.717, 1.165) is 12.0 Å². The molecule has 2 aliphatic heterocycles. The zero-order chi connectivity index (χ0) is 24.7. The van der Waals surface area contributed by atoms with E-state index in [4.69, 9.17) is 9.26 Å². The third-order valence-corrected chi connectivity index (χ3v) is 6.98. The quantitative estimate of drug-likeness (QED) is 0.576. The molecule has 4 heterocycles. The highest BCUT2D eigenvalue weighted by atomic mass is 16.5. The number of methoxy groups -OCH3 is 1. The van der Waals surface area contributed by atoms with Crippen molar-refractivity contribution in [3.05, 3.63) is 80.1 Å². The van der Waals surface area contributed by atoms with Gasteiger partial charge in [0.25, 0.3) is 17.4 Å². The van der Waals surface area contributed by atoms with Gasteiger partial charge in [0, 0.05) is 50.9 Å². The van der Waals surface area contributed by atoms with Crippen molar-refractivity contribution >= 4 is 11.8 Å². The normalized spacial score (nSPS) is 15.3. The van der Waals surface area contributed by atoms with Gasteiger partial charge in [0.05, 0.1) is 12.8 Å². The first-order chi connectivity index (χ1) is 16.9. The molecule has 0 spiro atoms. The molecule has 1 aromatic carbocycles. The Hall–Kier alpha value is -3.88. The maximum Gasteiger partial charge on any atom is 0.259 e. The molecule has 5 rings (SSSR count). The number of ether oxygens (including phenoxy) is 1. The Kier molecular flexibility index (Phi) is 5.92. The number of fused-ring (bicyclic) bond motifs is 2. The molecule has 2 aromatic heterocycles. The zero-order valence-electron chi connectivity index (χ0n) is 20.2. The van der Waals surface area contributed by atoms with Crippen LogP contribution in [0.1, 0.15) is 49.0 Å². The van der Waals surface area contributed by atoms with Crippen LogP contribution in [0.15, 0.2) is 39.6 Å². The van der Waals surface area contributed by atoms with Crippen molar-refractivity contribution in [2.75, 3.05) is 26.7 Å². The standard InChI is InChI=1S/C26H28N4O5/c1-16-23(17(2)35-27-16)25(32)28-11-9-20-24(21(34-3)14-22(31)30(20)13-12-28)26(33)29-10-8-18-6-4-5-7-19(18)15-29/h4-7,14H,8-13,15H2,1-3H3.